The Bertz CT molecular complexity index is 777. The number of H-pyrrole nitrogens is 1. The number of aryl methyl sites for hydroxylation is 1. The molecule has 0 aliphatic rings. The van der Waals surface area contributed by atoms with E-state index in [4.69, 9.17) is 0 Å². The fourth-order valence-corrected chi connectivity index (χ4v) is 3.15. The van der Waals surface area contributed by atoms with Crippen LogP contribution in [0.2, 0.25) is 0 Å². The van der Waals surface area contributed by atoms with E-state index in [1.165, 1.54) is 30.0 Å². The molecule has 1 aromatic carbocycles. The molecule has 1 aromatic heterocycles. The maximum atomic E-state index is 13.0. The summed E-state index contributed by atoms with van der Waals surface area (Å²) < 4.78 is 13.0. The Morgan fingerprint density at radius 2 is 2.00 bits per heavy atom. The number of benzene rings is 1. The Labute approximate surface area is 150 Å². The summed E-state index contributed by atoms with van der Waals surface area (Å²) in [6, 6.07) is 7.26. The van der Waals surface area contributed by atoms with Crippen molar-refractivity contribution in [3.63, 3.8) is 0 Å². The van der Waals surface area contributed by atoms with Gasteiger partial charge < -0.3 is 10.3 Å². The second-order valence-electron chi connectivity index (χ2n) is 5.83. The molecule has 0 aliphatic heterocycles. The minimum absolute atomic E-state index is 0.176. The van der Waals surface area contributed by atoms with Gasteiger partial charge in [-0.2, -0.15) is 0 Å². The van der Waals surface area contributed by atoms with Gasteiger partial charge in [0.25, 0.3) is 5.56 Å². The summed E-state index contributed by atoms with van der Waals surface area (Å²) in [6.45, 7) is 5.61. The Hall–Kier alpha value is -2.15. The first-order valence-corrected chi connectivity index (χ1v) is 9.09. The van der Waals surface area contributed by atoms with Gasteiger partial charge in [-0.3, -0.25) is 9.59 Å². The van der Waals surface area contributed by atoms with E-state index in [1.54, 1.807) is 19.1 Å². The van der Waals surface area contributed by atoms with E-state index >= 15 is 0 Å². The molecule has 1 heterocycles. The van der Waals surface area contributed by atoms with Crippen molar-refractivity contribution in [1.82, 2.24) is 15.3 Å². The molecule has 2 N–H and O–H groups in total. The molecule has 2 rings (SSSR count). The normalized spacial score (nSPS) is 13.3. The Morgan fingerprint density at radius 1 is 1.32 bits per heavy atom. The summed E-state index contributed by atoms with van der Waals surface area (Å²) in [4.78, 5) is 31.1. The third kappa shape index (κ3) is 5.70. The van der Waals surface area contributed by atoms with Gasteiger partial charge in [-0.05, 0) is 38.0 Å². The van der Waals surface area contributed by atoms with E-state index in [0.29, 0.717) is 5.16 Å². The van der Waals surface area contributed by atoms with Gasteiger partial charge in [-0.1, -0.05) is 37.2 Å². The second kappa shape index (κ2) is 8.80. The SMILES string of the molecule is CCCc1cc(=O)[nH]c(S[C@@H](C)C(=O)N[C@@H](C)c2ccc(F)cc2)n1. The lowest BCUT2D eigenvalue weighted by molar-refractivity contribution is -0.120. The number of nitrogens with one attached hydrogen (secondary N) is 2. The van der Waals surface area contributed by atoms with Gasteiger partial charge in [0.2, 0.25) is 5.91 Å². The third-order valence-electron chi connectivity index (χ3n) is 3.67. The fourth-order valence-electron chi connectivity index (χ4n) is 2.31. The largest absolute Gasteiger partial charge is 0.349 e. The maximum Gasteiger partial charge on any atom is 0.251 e. The summed E-state index contributed by atoms with van der Waals surface area (Å²) in [6.07, 6.45) is 1.62. The van der Waals surface area contributed by atoms with Crippen LogP contribution in [0.3, 0.4) is 0 Å². The van der Waals surface area contributed by atoms with Crippen LogP contribution in [0, 0.1) is 5.82 Å². The second-order valence-corrected chi connectivity index (χ2v) is 7.16. The summed E-state index contributed by atoms with van der Waals surface area (Å²) in [5.41, 5.74) is 1.33. The molecule has 0 aliphatic carbocycles. The van der Waals surface area contributed by atoms with Crippen molar-refractivity contribution in [2.75, 3.05) is 0 Å². The lowest BCUT2D eigenvalue weighted by Gasteiger charge is -2.17. The first-order chi connectivity index (χ1) is 11.9. The van der Waals surface area contributed by atoms with Crippen molar-refractivity contribution in [3.8, 4) is 0 Å². The van der Waals surface area contributed by atoms with Crippen molar-refractivity contribution in [2.24, 2.45) is 0 Å². The minimum atomic E-state index is -0.428. The number of halogens is 1. The van der Waals surface area contributed by atoms with Gasteiger partial charge in [0.15, 0.2) is 5.16 Å². The van der Waals surface area contributed by atoms with Crippen LogP contribution >= 0.6 is 11.8 Å². The number of carbonyl (C=O) groups is 1. The zero-order valence-corrected chi connectivity index (χ0v) is 15.3. The van der Waals surface area contributed by atoms with Gasteiger partial charge in [0.1, 0.15) is 5.82 Å². The van der Waals surface area contributed by atoms with Crippen molar-refractivity contribution >= 4 is 17.7 Å². The lowest BCUT2D eigenvalue weighted by atomic mass is 10.1. The first-order valence-electron chi connectivity index (χ1n) is 8.21. The van der Waals surface area contributed by atoms with Crippen LogP contribution in [0.25, 0.3) is 0 Å². The quantitative estimate of drug-likeness (QED) is 0.585. The van der Waals surface area contributed by atoms with Crippen LogP contribution in [0.5, 0.6) is 0 Å². The average Bonchev–Trinajstić information content (AvgIpc) is 2.55. The molecule has 1 amide bonds. The number of rotatable bonds is 7. The van der Waals surface area contributed by atoms with Gasteiger partial charge in [-0.15, -0.1) is 0 Å². The number of aromatic amines is 1. The summed E-state index contributed by atoms with van der Waals surface area (Å²) >= 11 is 1.21. The molecule has 5 nitrogen and oxygen atoms in total. The highest BCUT2D eigenvalue weighted by Gasteiger charge is 2.18. The van der Waals surface area contributed by atoms with Crippen molar-refractivity contribution in [1.29, 1.82) is 0 Å². The molecule has 0 unspecified atom stereocenters. The zero-order chi connectivity index (χ0) is 18.4. The number of amides is 1. The van der Waals surface area contributed by atoms with Crippen molar-refractivity contribution in [2.45, 2.75) is 50.1 Å². The summed E-state index contributed by atoms with van der Waals surface area (Å²) in [5, 5.41) is 2.90. The number of carbonyl (C=O) groups excluding carboxylic acids is 1. The van der Waals surface area contributed by atoms with Crippen LogP contribution in [0.4, 0.5) is 4.39 Å². The number of thioether (sulfide) groups is 1. The molecule has 25 heavy (non-hydrogen) atoms. The monoisotopic (exact) mass is 363 g/mol. The molecule has 2 atom stereocenters. The topological polar surface area (TPSA) is 74.8 Å². The van der Waals surface area contributed by atoms with E-state index in [0.717, 1.165) is 24.1 Å². The predicted molar refractivity (Wildman–Crippen MR) is 97.1 cm³/mol. The summed E-state index contributed by atoms with van der Waals surface area (Å²) in [5.74, 6) is -0.487. The number of aromatic nitrogens is 2. The third-order valence-corrected chi connectivity index (χ3v) is 4.65. The van der Waals surface area contributed by atoms with Gasteiger partial charge >= 0.3 is 0 Å². The highest BCUT2D eigenvalue weighted by Crippen LogP contribution is 2.20. The zero-order valence-electron chi connectivity index (χ0n) is 14.5. The molecular formula is C18H22FN3O2S. The van der Waals surface area contributed by atoms with E-state index in [-0.39, 0.29) is 23.3 Å². The van der Waals surface area contributed by atoms with Crippen LogP contribution in [0.15, 0.2) is 40.3 Å². The van der Waals surface area contributed by atoms with Crippen LogP contribution in [0.1, 0.15) is 44.5 Å². The Balaban J connectivity index is 2.00. The molecule has 0 fully saturated rings. The molecule has 0 saturated carbocycles. The van der Waals surface area contributed by atoms with Gasteiger partial charge in [0.05, 0.1) is 11.3 Å². The molecule has 0 radical (unpaired) electrons. The highest BCUT2D eigenvalue weighted by atomic mass is 32.2. The Morgan fingerprint density at radius 3 is 2.64 bits per heavy atom. The molecular weight excluding hydrogens is 341 g/mol. The highest BCUT2D eigenvalue weighted by molar-refractivity contribution is 8.00. The Kier molecular flexibility index (Phi) is 6.75. The van der Waals surface area contributed by atoms with E-state index in [9.17, 15) is 14.0 Å². The minimum Gasteiger partial charge on any atom is -0.349 e. The lowest BCUT2D eigenvalue weighted by Crippen LogP contribution is -2.33. The van der Waals surface area contributed by atoms with Gasteiger partial charge in [0, 0.05) is 11.8 Å². The number of hydrogen-bond donors (Lipinski definition) is 2. The molecule has 7 heteroatoms. The number of hydrogen-bond acceptors (Lipinski definition) is 4. The van der Waals surface area contributed by atoms with E-state index in [2.05, 4.69) is 15.3 Å². The van der Waals surface area contributed by atoms with Crippen molar-refractivity contribution in [3.05, 3.63) is 57.8 Å². The smallest absolute Gasteiger partial charge is 0.251 e. The average molecular weight is 363 g/mol. The summed E-state index contributed by atoms with van der Waals surface area (Å²) in [7, 11) is 0. The van der Waals surface area contributed by atoms with E-state index < -0.39 is 5.25 Å². The standard InChI is InChI=1S/C18H22FN3O2S/c1-4-5-15-10-16(23)22-18(21-15)25-12(3)17(24)20-11(2)13-6-8-14(19)9-7-13/h6-12H,4-5H2,1-3H3,(H,20,24)(H,21,22,23)/t11-,12-/m0/s1. The predicted octanol–water partition coefficient (Wildman–Crippen LogP) is 3.22. The maximum absolute atomic E-state index is 13.0. The molecule has 0 saturated heterocycles. The van der Waals surface area contributed by atoms with Crippen LogP contribution in [-0.2, 0) is 11.2 Å². The van der Waals surface area contributed by atoms with Crippen molar-refractivity contribution < 1.29 is 9.18 Å². The molecule has 134 valence electrons. The van der Waals surface area contributed by atoms with Crippen LogP contribution in [-0.4, -0.2) is 21.1 Å². The van der Waals surface area contributed by atoms with Crippen LogP contribution < -0.4 is 10.9 Å². The first kappa shape index (κ1) is 19.2. The molecule has 0 bridgehead atoms. The number of nitrogens with zero attached hydrogens (tertiary/aromatic N) is 1. The fraction of sp³-hybridized carbons (Fsp3) is 0.389. The van der Waals surface area contributed by atoms with E-state index in [1.807, 2.05) is 13.8 Å². The van der Waals surface area contributed by atoms with Gasteiger partial charge in [-0.25, -0.2) is 9.37 Å². The molecule has 0 spiro atoms. The molecule has 2 aromatic rings.